The van der Waals surface area contributed by atoms with Crippen LogP contribution in [0, 0.1) is 17.8 Å². The van der Waals surface area contributed by atoms with Crippen molar-refractivity contribution in [2.24, 2.45) is 17.8 Å². The third kappa shape index (κ3) is 4.02. The lowest BCUT2D eigenvalue weighted by Crippen LogP contribution is -2.45. The van der Waals surface area contributed by atoms with Crippen LogP contribution in [0.1, 0.15) is 34.1 Å². The van der Waals surface area contributed by atoms with Gasteiger partial charge in [0.2, 0.25) is 5.91 Å². The lowest BCUT2D eigenvalue weighted by atomic mass is 9.93. The van der Waals surface area contributed by atoms with Crippen molar-refractivity contribution in [3.63, 3.8) is 0 Å². The second kappa shape index (κ2) is 7.77. The van der Waals surface area contributed by atoms with Crippen molar-refractivity contribution in [1.82, 2.24) is 4.90 Å². The molecule has 2 aliphatic rings. The number of cyclic esters (lactones) is 1. The summed E-state index contributed by atoms with van der Waals surface area (Å²) in [6.07, 6.45) is 2.78. The van der Waals surface area contributed by atoms with Crippen LogP contribution in [-0.2, 0) is 9.53 Å². The Balaban J connectivity index is 2.20. The van der Waals surface area contributed by atoms with E-state index in [4.69, 9.17) is 4.74 Å². The van der Waals surface area contributed by atoms with Gasteiger partial charge in [0.1, 0.15) is 6.61 Å². The molecule has 2 heterocycles. The first-order valence-corrected chi connectivity index (χ1v) is 9.86. The number of hydrogen-bond donors (Lipinski definition) is 0. The Kier molecular flexibility index (Phi) is 6.26. The van der Waals surface area contributed by atoms with E-state index in [-0.39, 0.29) is 29.7 Å². The van der Waals surface area contributed by atoms with Gasteiger partial charge in [0.15, 0.2) is 0 Å². The van der Waals surface area contributed by atoms with Gasteiger partial charge in [0.05, 0.1) is 12.0 Å². The molecule has 0 aromatic rings. The number of amides is 2. The van der Waals surface area contributed by atoms with Crippen LogP contribution < -0.4 is 0 Å². The van der Waals surface area contributed by atoms with Crippen molar-refractivity contribution in [2.75, 3.05) is 18.1 Å². The molecule has 0 saturated carbocycles. The Morgan fingerprint density at radius 1 is 1.27 bits per heavy atom. The summed E-state index contributed by atoms with van der Waals surface area (Å²) in [6, 6.07) is -0.147. The fourth-order valence-corrected chi connectivity index (χ4v) is 5.06. The molecule has 2 saturated heterocycles. The molecule has 0 radical (unpaired) electrons. The molecule has 0 spiro atoms. The fourth-order valence-electron chi connectivity index (χ4n) is 2.58. The molecule has 2 rings (SSSR count). The standard InChI is InChI=1S/C16H25NO3S2/c1-10(2)12(8-14-21-6-5-7-22-14)15(18)17-13(11(3)4)9-20-16(17)19/h8,10-13H,5-7,9H2,1-4H3/t12-,13-/m1/s1. The molecule has 0 unspecified atom stereocenters. The summed E-state index contributed by atoms with van der Waals surface area (Å²) in [5, 5.41) is 0. The Bertz CT molecular complexity index is 454. The van der Waals surface area contributed by atoms with Crippen LogP contribution in [0.4, 0.5) is 4.79 Å². The van der Waals surface area contributed by atoms with Crippen molar-refractivity contribution in [1.29, 1.82) is 0 Å². The lowest BCUT2D eigenvalue weighted by molar-refractivity contribution is -0.133. The van der Waals surface area contributed by atoms with Gasteiger partial charge >= 0.3 is 6.09 Å². The number of hydrogen-bond acceptors (Lipinski definition) is 5. The Morgan fingerprint density at radius 3 is 2.45 bits per heavy atom. The number of imide groups is 1. The maximum absolute atomic E-state index is 12.9. The maximum Gasteiger partial charge on any atom is 0.417 e. The van der Waals surface area contributed by atoms with Crippen LogP contribution in [0.2, 0.25) is 0 Å². The minimum atomic E-state index is -0.489. The largest absolute Gasteiger partial charge is 0.447 e. The van der Waals surface area contributed by atoms with E-state index < -0.39 is 6.09 Å². The molecule has 2 atom stereocenters. The highest BCUT2D eigenvalue weighted by Gasteiger charge is 2.42. The van der Waals surface area contributed by atoms with E-state index in [0.29, 0.717) is 6.61 Å². The van der Waals surface area contributed by atoms with Gasteiger partial charge in [-0.05, 0) is 29.8 Å². The van der Waals surface area contributed by atoms with Crippen LogP contribution in [-0.4, -0.2) is 41.1 Å². The summed E-state index contributed by atoms with van der Waals surface area (Å²) < 4.78 is 6.33. The summed E-state index contributed by atoms with van der Waals surface area (Å²) in [5.74, 6) is 2.20. The summed E-state index contributed by atoms with van der Waals surface area (Å²) in [4.78, 5) is 26.3. The van der Waals surface area contributed by atoms with Crippen molar-refractivity contribution in [3.05, 3.63) is 10.3 Å². The number of carbonyl (C=O) groups excluding carboxylic acids is 2. The molecular weight excluding hydrogens is 318 g/mol. The van der Waals surface area contributed by atoms with E-state index >= 15 is 0 Å². The van der Waals surface area contributed by atoms with Crippen molar-refractivity contribution >= 4 is 35.5 Å². The summed E-state index contributed by atoms with van der Waals surface area (Å²) >= 11 is 3.63. The molecule has 2 fully saturated rings. The molecule has 22 heavy (non-hydrogen) atoms. The SMILES string of the molecule is CC(C)[C@H]1COC(=O)N1C(=O)[C@H](C=C1SCCCS1)C(C)C. The molecule has 124 valence electrons. The highest BCUT2D eigenvalue weighted by molar-refractivity contribution is 8.22. The molecule has 0 bridgehead atoms. The zero-order chi connectivity index (χ0) is 16.3. The maximum atomic E-state index is 12.9. The zero-order valence-electron chi connectivity index (χ0n) is 13.7. The first-order valence-electron chi connectivity index (χ1n) is 7.89. The summed E-state index contributed by atoms with van der Waals surface area (Å²) in [5.41, 5.74) is 0. The van der Waals surface area contributed by atoms with E-state index in [0.717, 1.165) is 11.5 Å². The molecule has 2 amide bonds. The van der Waals surface area contributed by atoms with E-state index in [1.165, 1.54) is 15.6 Å². The topological polar surface area (TPSA) is 46.6 Å². The predicted molar refractivity (Wildman–Crippen MR) is 92.8 cm³/mol. The fraction of sp³-hybridized carbons (Fsp3) is 0.750. The zero-order valence-corrected chi connectivity index (χ0v) is 15.3. The molecule has 0 aromatic carbocycles. The van der Waals surface area contributed by atoms with E-state index in [2.05, 4.69) is 6.08 Å². The summed E-state index contributed by atoms with van der Waals surface area (Å²) in [6.45, 7) is 8.41. The van der Waals surface area contributed by atoms with Gasteiger partial charge in [-0.15, -0.1) is 23.5 Å². The van der Waals surface area contributed by atoms with Gasteiger partial charge < -0.3 is 4.74 Å². The van der Waals surface area contributed by atoms with Gasteiger partial charge in [0, 0.05) is 4.24 Å². The van der Waals surface area contributed by atoms with Crippen molar-refractivity contribution in [2.45, 2.75) is 40.2 Å². The molecule has 0 N–H and O–H groups in total. The van der Waals surface area contributed by atoms with E-state index in [1.807, 2.05) is 51.2 Å². The first kappa shape index (κ1) is 17.7. The smallest absolute Gasteiger partial charge is 0.417 e. The van der Waals surface area contributed by atoms with Crippen LogP contribution in [0.15, 0.2) is 10.3 Å². The minimum Gasteiger partial charge on any atom is -0.447 e. The van der Waals surface area contributed by atoms with E-state index in [1.54, 1.807) is 0 Å². The Hall–Kier alpha value is -0.620. The van der Waals surface area contributed by atoms with Crippen LogP contribution in [0.25, 0.3) is 0 Å². The van der Waals surface area contributed by atoms with Crippen molar-refractivity contribution in [3.8, 4) is 0 Å². The monoisotopic (exact) mass is 343 g/mol. The minimum absolute atomic E-state index is 0.115. The van der Waals surface area contributed by atoms with Gasteiger partial charge in [0.25, 0.3) is 0 Å². The third-order valence-corrected chi connectivity index (χ3v) is 6.54. The predicted octanol–water partition coefficient (Wildman–Crippen LogP) is 3.97. The average molecular weight is 344 g/mol. The highest BCUT2D eigenvalue weighted by atomic mass is 32.2. The number of carbonyl (C=O) groups is 2. The molecule has 6 heteroatoms. The van der Waals surface area contributed by atoms with Crippen LogP contribution in [0.3, 0.4) is 0 Å². The molecule has 4 nitrogen and oxygen atoms in total. The average Bonchev–Trinajstić information content (AvgIpc) is 2.87. The number of nitrogens with zero attached hydrogens (tertiary/aromatic N) is 1. The van der Waals surface area contributed by atoms with E-state index in [9.17, 15) is 9.59 Å². The number of ether oxygens (including phenoxy) is 1. The first-order chi connectivity index (χ1) is 10.4. The van der Waals surface area contributed by atoms with Crippen LogP contribution >= 0.6 is 23.5 Å². The Labute approximate surface area is 141 Å². The third-order valence-electron chi connectivity index (χ3n) is 4.01. The quantitative estimate of drug-likeness (QED) is 0.773. The second-order valence-electron chi connectivity index (χ2n) is 6.40. The molecule has 0 aliphatic carbocycles. The lowest BCUT2D eigenvalue weighted by Gasteiger charge is -2.28. The van der Waals surface area contributed by atoms with Gasteiger partial charge in [-0.25, -0.2) is 9.69 Å². The number of rotatable bonds is 4. The molecule has 0 aromatic heterocycles. The second-order valence-corrected chi connectivity index (χ2v) is 8.93. The molecule has 2 aliphatic heterocycles. The van der Waals surface area contributed by atoms with Gasteiger partial charge in [-0.1, -0.05) is 33.8 Å². The Morgan fingerprint density at radius 2 is 1.91 bits per heavy atom. The van der Waals surface area contributed by atoms with Crippen molar-refractivity contribution < 1.29 is 14.3 Å². The summed E-state index contributed by atoms with van der Waals surface area (Å²) in [7, 11) is 0. The normalized spacial score (nSPS) is 23.9. The van der Waals surface area contributed by atoms with Gasteiger partial charge in [-0.3, -0.25) is 4.79 Å². The molecular formula is C16H25NO3S2. The van der Waals surface area contributed by atoms with Crippen LogP contribution in [0.5, 0.6) is 0 Å². The highest BCUT2D eigenvalue weighted by Crippen LogP contribution is 2.37. The van der Waals surface area contributed by atoms with Gasteiger partial charge in [-0.2, -0.15) is 0 Å². The number of thioether (sulfide) groups is 2.